The van der Waals surface area contributed by atoms with Gasteiger partial charge < -0.3 is 11.1 Å². The fraction of sp³-hybridized carbons (Fsp3) is 0.312. The number of amides is 1. The lowest BCUT2D eigenvalue weighted by molar-refractivity contribution is -0.117. The molecule has 3 N–H and O–H groups in total. The van der Waals surface area contributed by atoms with Crippen LogP contribution in [0.1, 0.15) is 12.1 Å². The van der Waals surface area contributed by atoms with Crippen molar-refractivity contribution in [3.8, 4) is 11.4 Å². The number of carbonyl (C=O) groups excluding carboxylic acids is 1. The van der Waals surface area contributed by atoms with E-state index in [0.717, 1.165) is 22.7 Å². The van der Waals surface area contributed by atoms with E-state index in [1.807, 2.05) is 43.5 Å². The summed E-state index contributed by atoms with van der Waals surface area (Å²) in [6, 6.07) is 8.82. The Morgan fingerprint density at radius 3 is 2.61 bits per heavy atom. The normalized spacial score (nSPS) is 11.4. The van der Waals surface area contributed by atoms with Gasteiger partial charge in [0.05, 0.1) is 6.04 Å². The second-order valence-electron chi connectivity index (χ2n) is 4.98. The molecule has 1 heterocycles. The Kier molecular flexibility index (Phi) is 8.02. The average Bonchev–Trinajstić information content (AvgIpc) is 2.53. The zero-order valence-corrected chi connectivity index (χ0v) is 14.8. The monoisotopic (exact) mass is 352 g/mol. The SMILES string of the molecule is CSCC[C@H](N)C(=O)Nc1ccc(-c2nccc(C)n2)cc1.Cl. The molecule has 0 aliphatic heterocycles. The second-order valence-corrected chi connectivity index (χ2v) is 5.96. The van der Waals surface area contributed by atoms with Crippen LogP contribution >= 0.6 is 24.2 Å². The third-order valence-electron chi connectivity index (χ3n) is 3.18. The van der Waals surface area contributed by atoms with E-state index in [1.54, 1.807) is 18.0 Å². The first-order valence-corrected chi connectivity index (χ1v) is 8.45. The Labute approximate surface area is 146 Å². The summed E-state index contributed by atoms with van der Waals surface area (Å²) in [5, 5.41) is 2.83. The maximum atomic E-state index is 11.9. The minimum atomic E-state index is -0.479. The van der Waals surface area contributed by atoms with Crippen LogP contribution in [0.2, 0.25) is 0 Å². The van der Waals surface area contributed by atoms with E-state index in [2.05, 4.69) is 15.3 Å². The van der Waals surface area contributed by atoms with Gasteiger partial charge in [-0.05, 0) is 55.7 Å². The van der Waals surface area contributed by atoms with Gasteiger partial charge in [-0.25, -0.2) is 9.97 Å². The standard InChI is InChI=1S/C16H20N4OS.ClH/c1-11-7-9-18-15(19-11)12-3-5-13(6-4-12)20-16(21)14(17)8-10-22-2;/h3-7,9,14H,8,10,17H2,1-2H3,(H,20,21);1H/t14-;/m0./s1. The van der Waals surface area contributed by atoms with Crippen LogP contribution in [0.5, 0.6) is 0 Å². The topological polar surface area (TPSA) is 80.9 Å². The number of aromatic nitrogens is 2. The first-order chi connectivity index (χ1) is 10.6. The Balaban J connectivity index is 0.00000264. The molecule has 23 heavy (non-hydrogen) atoms. The van der Waals surface area contributed by atoms with Crippen molar-refractivity contribution in [1.29, 1.82) is 0 Å². The van der Waals surface area contributed by atoms with E-state index in [-0.39, 0.29) is 18.3 Å². The van der Waals surface area contributed by atoms with Crippen molar-refractivity contribution >= 4 is 35.8 Å². The molecule has 5 nitrogen and oxygen atoms in total. The van der Waals surface area contributed by atoms with Gasteiger partial charge in [0.15, 0.2) is 5.82 Å². The molecule has 1 aromatic carbocycles. The zero-order valence-electron chi connectivity index (χ0n) is 13.2. The molecule has 7 heteroatoms. The third-order valence-corrected chi connectivity index (χ3v) is 3.82. The molecule has 0 spiro atoms. The van der Waals surface area contributed by atoms with E-state index in [0.29, 0.717) is 12.2 Å². The third kappa shape index (κ3) is 5.82. The van der Waals surface area contributed by atoms with E-state index in [9.17, 15) is 4.79 Å². The number of thioether (sulfide) groups is 1. The molecule has 1 amide bonds. The highest BCUT2D eigenvalue weighted by atomic mass is 35.5. The molecular formula is C16H21ClN4OS. The summed E-state index contributed by atoms with van der Waals surface area (Å²) in [6.07, 6.45) is 4.40. The molecule has 0 bridgehead atoms. The van der Waals surface area contributed by atoms with Crippen molar-refractivity contribution in [3.63, 3.8) is 0 Å². The van der Waals surface area contributed by atoms with E-state index in [4.69, 9.17) is 5.73 Å². The van der Waals surface area contributed by atoms with Crippen molar-refractivity contribution in [2.24, 2.45) is 5.73 Å². The predicted molar refractivity (Wildman–Crippen MR) is 99.1 cm³/mol. The van der Waals surface area contributed by atoms with Crippen molar-refractivity contribution in [1.82, 2.24) is 9.97 Å². The molecule has 124 valence electrons. The molecular weight excluding hydrogens is 332 g/mol. The molecule has 0 saturated carbocycles. The molecule has 1 aromatic heterocycles. The highest BCUT2D eigenvalue weighted by Crippen LogP contribution is 2.18. The smallest absolute Gasteiger partial charge is 0.241 e. The van der Waals surface area contributed by atoms with Crippen LogP contribution in [0.25, 0.3) is 11.4 Å². The molecule has 0 aliphatic rings. The first-order valence-electron chi connectivity index (χ1n) is 7.05. The number of hydrogen-bond acceptors (Lipinski definition) is 5. The van der Waals surface area contributed by atoms with Gasteiger partial charge in [-0.3, -0.25) is 4.79 Å². The van der Waals surface area contributed by atoms with Crippen LogP contribution in [0.3, 0.4) is 0 Å². The maximum Gasteiger partial charge on any atom is 0.241 e. The number of halogens is 1. The van der Waals surface area contributed by atoms with Gasteiger partial charge in [0.1, 0.15) is 0 Å². The number of carbonyl (C=O) groups is 1. The highest BCUT2D eigenvalue weighted by molar-refractivity contribution is 7.98. The predicted octanol–water partition coefficient (Wildman–Crippen LogP) is 2.89. The summed E-state index contributed by atoms with van der Waals surface area (Å²) in [5.41, 5.74) is 8.40. The van der Waals surface area contributed by atoms with Crippen LogP contribution < -0.4 is 11.1 Å². The maximum absolute atomic E-state index is 11.9. The quantitative estimate of drug-likeness (QED) is 0.835. The molecule has 0 radical (unpaired) electrons. The van der Waals surface area contributed by atoms with Gasteiger partial charge in [-0.1, -0.05) is 0 Å². The molecule has 1 atom stereocenters. The number of benzene rings is 1. The van der Waals surface area contributed by atoms with E-state index in [1.165, 1.54) is 0 Å². The number of rotatable bonds is 6. The number of anilines is 1. The van der Waals surface area contributed by atoms with Crippen LogP contribution in [-0.2, 0) is 4.79 Å². The van der Waals surface area contributed by atoms with Crippen LogP contribution in [-0.4, -0.2) is 33.9 Å². The summed E-state index contributed by atoms with van der Waals surface area (Å²) in [7, 11) is 0. The van der Waals surface area contributed by atoms with Crippen molar-refractivity contribution in [3.05, 3.63) is 42.2 Å². The van der Waals surface area contributed by atoms with Crippen LogP contribution in [0.15, 0.2) is 36.5 Å². The first kappa shape index (κ1) is 19.4. The summed E-state index contributed by atoms with van der Waals surface area (Å²) in [5.74, 6) is 1.39. The number of nitrogens with two attached hydrogens (primary N) is 1. The Morgan fingerprint density at radius 1 is 1.30 bits per heavy atom. The molecule has 0 saturated heterocycles. The van der Waals surface area contributed by atoms with Crippen LogP contribution in [0.4, 0.5) is 5.69 Å². The summed E-state index contributed by atoms with van der Waals surface area (Å²) >= 11 is 1.68. The molecule has 2 aromatic rings. The minimum Gasteiger partial charge on any atom is -0.325 e. The van der Waals surface area contributed by atoms with E-state index >= 15 is 0 Å². The van der Waals surface area contributed by atoms with Crippen molar-refractivity contribution in [2.75, 3.05) is 17.3 Å². The van der Waals surface area contributed by atoms with Gasteiger partial charge in [0.2, 0.25) is 5.91 Å². The van der Waals surface area contributed by atoms with Gasteiger partial charge in [0, 0.05) is 23.1 Å². The number of nitrogens with zero attached hydrogens (tertiary/aromatic N) is 2. The number of nitrogens with one attached hydrogen (secondary N) is 1. The Morgan fingerprint density at radius 2 is 2.00 bits per heavy atom. The average molecular weight is 353 g/mol. The lowest BCUT2D eigenvalue weighted by Gasteiger charge is -2.12. The fourth-order valence-electron chi connectivity index (χ4n) is 1.90. The molecule has 0 aliphatic carbocycles. The largest absolute Gasteiger partial charge is 0.325 e. The van der Waals surface area contributed by atoms with Crippen molar-refractivity contribution < 1.29 is 4.79 Å². The number of aryl methyl sites for hydroxylation is 1. The van der Waals surface area contributed by atoms with Gasteiger partial charge >= 0.3 is 0 Å². The zero-order chi connectivity index (χ0) is 15.9. The van der Waals surface area contributed by atoms with Gasteiger partial charge in [-0.2, -0.15) is 11.8 Å². The molecule has 2 rings (SSSR count). The summed E-state index contributed by atoms with van der Waals surface area (Å²) in [6.45, 7) is 1.93. The minimum absolute atomic E-state index is 0. The molecule has 0 fully saturated rings. The Hall–Kier alpha value is -1.63. The lowest BCUT2D eigenvalue weighted by atomic mass is 10.1. The number of hydrogen-bond donors (Lipinski definition) is 2. The van der Waals surface area contributed by atoms with E-state index < -0.39 is 6.04 Å². The van der Waals surface area contributed by atoms with Crippen LogP contribution in [0, 0.1) is 6.92 Å². The fourth-order valence-corrected chi connectivity index (χ4v) is 2.39. The highest BCUT2D eigenvalue weighted by Gasteiger charge is 2.13. The van der Waals surface area contributed by atoms with Gasteiger partial charge in [-0.15, -0.1) is 12.4 Å². The molecule has 0 unspecified atom stereocenters. The van der Waals surface area contributed by atoms with Crippen molar-refractivity contribution in [2.45, 2.75) is 19.4 Å². The Bertz CT molecular complexity index is 636. The summed E-state index contributed by atoms with van der Waals surface area (Å²) < 4.78 is 0. The van der Waals surface area contributed by atoms with Gasteiger partial charge in [0.25, 0.3) is 0 Å². The summed E-state index contributed by atoms with van der Waals surface area (Å²) in [4.78, 5) is 20.6. The lowest BCUT2D eigenvalue weighted by Crippen LogP contribution is -2.36. The second kappa shape index (κ2) is 9.50.